The van der Waals surface area contributed by atoms with E-state index in [4.69, 9.17) is 9.15 Å². The van der Waals surface area contributed by atoms with Crippen LogP contribution >= 0.6 is 0 Å². The van der Waals surface area contributed by atoms with Gasteiger partial charge in [-0.15, -0.1) is 0 Å². The molecule has 2 aliphatic rings. The number of likely N-dealkylation sites (tertiary alicyclic amines) is 1. The number of oxazole rings is 1. The van der Waals surface area contributed by atoms with Crippen LogP contribution in [0.2, 0.25) is 0 Å². The van der Waals surface area contributed by atoms with Gasteiger partial charge >= 0.3 is 11.8 Å². The van der Waals surface area contributed by atoms with E-state index in [-0.39, 0.29) is 35.1 Å². The van der Waals surface area contributed by atoms with Crippen LogP contribution in [0.5, 0.6) is 0 Å². The summed E-state index contributed by atoms with van der Waals surface area (Å²) >= 11 is 0. The van der Waals surface area contributed by atoms with Crippen LogP contribution in [0.15, 0.2) is 32.3 Å². The monoisotopic (exact) mass is 494 g/mol. The summed E-state index contributed by atoms with van der Waals surface area (Å²) in [5, 5.41) is 3.03. The maximum atomic E-state index is 13.3. The summed E-state index contributed by atoms with van der Waals surface area (Å²) in [5.41, 5.74) is 0.711. The number of aromatic nitrogens is 1. The first-order valence-corrected chi connectivity index (χ1v) is 13.0. The second-order valence-electron chi connectivity index (χ2n) is 8.73. The average molecular weight is 495 g/mol. The van der Waals surface area contributed by atoms with E-state index in [0.29, 0.717) is 57.4 Å². The van der Waals surface area contributed by atoms with Gasteiger partial charge in [-0.1, -0.05) is 0 Å². The molecule has 4 rings (SSSR count). The summed E-state index contributed by atoms with van der Waals surface area (Å²) in [7, 11) is -2.30. The van der Waals surface area contributed by atoms with Crippen molar-refractivity contribution in [2.24, 2.45) is 13.0 Å². The Kier molecular flexibility index (Phi) is 6.99. The fourth-order valence-electron chi connectivity index (χ4n) is 4.54. The van der Waals surface area contributed by atoms with Gasteiger partial charge < -0.3 is 19.4 Å². The first-order valence-electron chi connectivity index (χ1n) is 11.5. The molecule has 2 fully saturated rings. The van der Waals surface area contributed by atoms with Gasteiger partial charge in [0.15, 0.2) is 5.58 Å². The zero-order valence-electron chi connectivity index (χ0n) is 19.4. The van der Waals surface area contributed by atoms with Crippen molar-refractivity contribution in [2.75, 3.05) is 32.8 Å². The van der Waals surface area contributed by atoms with Crippen molar-refractivity contribution in [3.8, 4) is 0 Å². The number of benzene rings is 1. The van der Waals surface area contributed by atoms with Gasteiger partial charge in [0.1, 0.15) is 0 Å². The Bertz CT molecular complexity index is 1230. The highest BCUT2D eigenvalue weighted by Gasteiger charge is 2.35. The second kappa shape index (κ2) is 9.79. The summed E-state index contributed by atoms with van der Waals surface area (Å²) in [6, 6.07) is 4.29. The van der Waals surface area contributed by atoms with E-state index in [0.717, 1.165) is 0 Å². The summed E-state index contributed by atoms with van der Waals surface area (Å²) in [6.45, 7) is 3.51. The molecule has 1 N–H and O–H groups in total. The third kappa shape index (κ3) is 4.83. The number of aryl methyl sites for hydroxylation is 1. The molecule has 0 spiro atoms. The summed E-state index contributed by atoms with van der Waals surface area (Å²) < 4.78 is 39.3. The quantitative estimate of drug-likeness (QED) is 0.662. The number of nitrogens with zero attached hydrogens (tertiary/aromatic N) is 3. The van der Waals surface area contributed by atoms with Gasteiger partial charge in [0, 0.05) is 45.3 Å². The molecule has 186 valence electrons. The minimum atomic E-state index is -3.85. The number of carbonyl (C=O) groups is 2. The summed E-state index contributed by atoms with van der Waals surface area (Å²) in [5.74, 6) is -1.18. The van der Waals surface area contributed by atoms with Crippen molar-refractivity contribution in [1.82, 2.24) is 19.1 Å². The van der Waals surface area contributed by atoms with E-state index >= 15 is 0 Å². The molecule has 34 heavy (non-hydrogen) atoms. The smallest absolute Gasteiger partial charge is 0.419 e. The van der Waals surface area contributed by atoms with E-state index in [1.165, 1.54) is 21.0 Å². The molecule has 1 aromatic heterocycles. The van der Waals surface area contributed by atoms with E-state index < -0.39 is 21.7 Å². The number of fused-ring (bicyclic) bond motifs is 1. The molecule has 2 aromatic rings. The number of amides is 2. The van der Waals surface area contributed by atoms with Crippen molar-refractivity contribution >= 4 is 33.1 Å². The van der Waals surface area contributed by atoms with Gasteiger partial charge in [-0.05, 0) is 44.7 Å². The summed E-state index contributed by atoms with van der Waals surface area (Å²) in [4.78, 5) is 38.2. The maximum Gasteiger partial charge on any atom is 0.419 e. The first kappa shape index (κ1) is 24.3. The van der Waals surface area contributed by atoms with Crippen molar-refractivity contribution in [3.05, 3.63) is 28.7 Å². The van der Waals surface area contributed by atoms with Crippen LogP contribution in [0.25, 0.3) is 11.1 Å². The number of ether oxygens (including phenoxy) is 1. The van der Waals surface area contributed by atoms with Crippen LogP contribution < -0.4 is 11.1 Å². The molecule has 3 heterocycles. The zero-order chi connectivity index (χ0) is 24.5. The van der Waals surface area contributed by atoms with E-state index in [2.05, 4.69) is 5.32 Å². The lowest BCUT2D eigenvalue weighted by molar-refractivity contribution is -0.127. The van der Waals surface area contributed by atoms with Crippen LogP contribution in [-0.2, 0) is 26.6 Å². The molecule has 12 heteroatoms. The molecule has 1 atom stereocenters. The van der Waals surface area contributed by atoms with Gasteiger partial charge in [-0.25, -0.2) is 18.0 Å². The fourth-order valence-corrected chi connectivity index (χ4v) is 6.08. The fraction of sp³-hybridized carbons (Fsp3) is 0.591. The molecule has 2 saturated heterocycles. The predicted molar refractivity (Wildman–Crippen MR) is 123 cm³/mol. The highest BCUT2D eigenvalue weighted by Crippen LogP contribution is 2.26. The van der Waals surface area contributed by atoms with Crippen LogP contribution in [0.3, 0.4) is 0 Å². The molecule has 0 saturated carbocycles. The molecule has 0 aliphatic carbocycles. The van der Waals surface area contributed by atoms with Crippen molar-refractivity contribution < 1.29 is 27.2 Å². The highest BCUT2D eigenvalue weighted by atomic mass is 32.2. The minimum Gasteiger partial charge on any atom is -0.450 e. The molecular formula is C22H30N4O7S. The van der Waals surface area contributed by atoms with Crippen LogP contribution in [0, 0.1) is 5.92 Å². The molecular weight excluding hydrogens is 464 g/mol. The van der Waals surface area contributed by atoms with Gasteiger partial charge in [0.05, 0.1) is 22.9 Å². The zero-order valence-corrected chi connectivity index (χ0v) is 20.2. The number of carbonyl (C=O) groups excluding carboxylic acids is 2. The lowest BCUT2D eigenvalue weighted by atomic mass is 9.97. The van der Waals surface area contributed by atoms with E-state index in [1.54, 1.807) is 24.9 Å². The molecule has 2 aliphatic heterocycles. The average Bonchev–Trinajstić information content (AvgIpc) is 3.12. The molecule has 2 amide bonds. The largest absolute Gasteiger partial charge is 0.450 e. The molecule has 0 unspecified atom stereocenters. The lowest BCUT2D eigenvalue weighted by Crippen LogP contribution is -2.50. The van der Waals surface area contributed by atoms with Gasteiger partial charge in [-0.3, -0.25) is 9.36 Å². The molecule has 11 nitrogen and oxygen atoms in total. The lowest BCUT2D eigenvalue weighted by Gasteiger charge is -2.34. The summed E-state index contributed by atoms with van der Waals surface area (Å²) in [6.07, 6.45) is 2.09. The third-order valence-corrected chi connectivity index (χ3v) is 8.38. The Balaban J connectivity index is 1.38. The van der Waals surface area contributed by atoms with Crippen LogP contribution in [-0.4, -0.2) is 73.0 Å². The number of nitrogens with one attached hydrogen (secondary N) is 1. The Labute approximate surface area is 197 Å². The van der Waals surface area contributed by atoms with Crippen LogP contribution in [0.4, 0.5) is 4.79 Å². The third-order valence-electron chi connectivity index (χ3n) is 6.52. The Hall–Kier alpha value is -2.86. The molecule has 1 aromatic carbocycles. The topological polar surface area (TPSA) is 131 Å². The van der Waals surface area contributed by atoms with Crippen molar-refractivity contribution in [3.63, 3.8) is 0 Å². The number of sulfonamides is 1. The van der Waals surface area contributed by atoms with E-state index in [1.807, 2.05) is 0 Å². The maximum absolute atomic E-state index is 13.3. The first-order chi connectivity index (χ1) is 16.2. The normalized spacial score (nSPS) is 20.4. The highest BCUT2D eigenvalue weighted by molar-refractivity contribution is 7.89. The number of hydrogen-bond donors (Lipinski definition) is 1. The van der Waals surface area contributed by atoms with Gasteiger partial charge in [-0.2, -0.15) is 4.31 Å². The molecule has 0 bridgehead atoms. The van der Waals surface area contributed by atoms with E-state index in [9.17, 15) is 22.8 Å². The Morgan fingerprint density at radius 2 is 1.91 bits per heavy atom. The van der Waals surface area contributed by atoms with Crippen molar-refractivity contribution in [2.45, 2.75) is 43.5 Å². The van der Waals surface area contributed by atoms with Gasteiger partial charge in [0.25, 0.3) is 0 Å². The van der Waals surface area contributed by atoms with Crippen LogP contribution in [0.1, 0.15) is 32.6 Å². The van der Waals surface area contributed by atoms with Crippen molar-refractivity contribution in [1.29, 1.82) is 0 Å². The number of piperidine rings is 2. The number of rotatable bonds is 5. The number of hydrogen-bond acceptors (Lipinski definition) is 7. The second-order valence-corrected chi connectivity index (χ2v) is 10.7. The molecule has 0 radical (unpaired) electrons. The SMILES string of the molecule is CCOC(=O)N1CCC(NC(=O)[C@H]2CCCN(S(=O)(=O)c3ccc4c(c3)oc(=O)n4C)C2)CC1. The Morgan fingerprint density at radius 3 is 2.62 bits per heavy atom. The van der Waals surface area contributed by atoms with Gasteiger partial charge in [0.2, 0.25) is 15.9 Å². The standard InChI is InChI=1S/C22H30N4O7S/c1-3-32-22(29)25-11-8-16(9-12-25)23-20(27)15-5-4-10-26(14-15)34(30,31)17-6-7-18-19(13-17)33-21(28)24(18)2/h6-7,13,15-16H,3-5,8-12,14H2,1-2H3,(H,23,27)/t15-/m0/s1. The predicted octanol–water partition coefficient (Wildman–Crippen LogP) is 1.27. The minimum absolute atomic E-state index is 0.0294. The Morgan fingerprint density at radius 1 is 1.18 bits per heavy atom.